The molecule has 3 heterocycles. The van der Waals surface area contributed by atoms with E-state index in [-0.39, 0.29) is 17.3 Å². The summed E-state index contributed by atoms with van der Waals surface area (Å²) in [6.07, 6.45) is 6.30. The molecule has 11 nitrogen and oxygen atoms in total. The molecule has 0 spiro atoms. The molecule has 1 aliphatic heterocycles. The van der Waals surface area contributed by atoms with E-state index in [4.69, 9.17) is 14.2 Å². The van der Waals surface area contributed by atoms with Crippen LogP contribution in [0.2, 0.25) is 0 Å². The lowest BCUT2D eigenvalue weighted by Crippen LogP contribution is -2.31. The van der Waals surface area contributed by atoms with Gasteiger partial charge in [0.2, 0.25) is 5.82 Å². The topological polar surface area (TPSA) is 113 Å². The number of methoxy groups -OCH3 is 1. The van der Waals surface area contributed by atoms with Gasteiger partial charge in [-0.2, -0.15) is 4.68 Å². The maximum atomic E-state index is 15.3. The SMILES string of the molecule is COc1cc2c(Oc3ccc(NC(=O)c4nn(-c5ccccc5)c(=O)n4C)cc3F)ccnc2cc1OCCCN1CCCCC1. The van der Waals surface area contributed by atoms with Crippen molar-refractivity contribution in [2.24, 2.45) is 7.05 Å². The molecular weight excluding hydrogens is 591 g/mol. The van der Waals surface area contributed by atoms with Gasteiger partial charge < -0.3 is 24.4 Å². The zero-order valence-corrected chi connectivity index (χ0v) is 25.7. The zero-order chi connectivity index (χ0) is 32.0. The number of hydrogen-bond donors (Lipinski definition) is 1. The number of rotatable bonds is 11. The number of ether oxygens (including phenoxy) is 3. The van der Waals surface area contributed by atoms with Gasteiger partial charge in [-0.05, 0) is 68.8 Å². The third-order valence-corrected chi connectivity index (χ3v) is 7.91. The second kappa shape index (κ2) is 13.8. The van der Waals surface area contributed by atoms with E-state index in [1.54, 1.807) is 55.8 Å². The molecule has 0 radical (unpaired) electrons. The lowest BCUT2D eigenvalue weighted by Gasteiger charge is -2.26. The Morgan fingerprint density at radius 2 is 1.76 bits per heavy atom. The number of pyridine rings is 1. The highest BCUT2D eigenvalue weighted by Crippen LogP contribution is 2.38. The lowest BCUT2D eigenvalue weighted by molar-refractivity contribution is 0.101. The highest BCUT2D eigenvalue weighted by Gasteiger charge is 2.20. The molecule has 12 heteroatoms. The molecule has 1 fully saturated rings. The first kappa shape index (κ1) is 30.8. The number of amides is 1. The number of aromatic nitrogens is 4. The summed E-state index contributed by atoms with van der Waals surface area (Å²) in [5, 5.41) is 7.39. The molecule has 1 aliphatic rings. The van der Waals surface area contributed by atoms with Gasteiger partial charge >= 0.3 is 5.69 Å². The quantitative estimate of drug-likeness (QED) is 0.190. The number of anilines is 1. The third-order valence-electron chi connectivity index (χ3n) is 7.91. The van der Waals surface area contributed by atoms with E-state index in [9.17, 15) is 9.59 Å². The first-order chi connectivity index (χ1) is 22.4. The molecule has 5 aromatic rings. The van der Waals surface area contributed by atoms with Crippen LogP contribution in [0.4, 0.5) is 10.1 Å². The van der Waals surface area contributed by atoms with E-state index in [2.05, 4.69) is 20.3 Å². The van der Waals surface area contributed by atoms with Gasteiger partial charge in [-0.15, -0.1) is 5.10 Å². The number of piperidine rings is 1. The van der Waals surface area contributed by atoms with Crippen LogP contribution in [-0.4, -0.2) is 63.5 Å². The highest BCUT2D eigenvalue weighted by atomic mass is 19.1. The van der Waals surface area contributed by atoms with Gasteiger partial charge in [0, 0.05) is 43.0 Å². The largest absolute Gasteiger partial charge is 0.493 e. The van der Waals surface area contributed by atoms with Crippen LogP contribution >= 0.6 is 0 Å². The van der Waals surface area contributed by atoms with Gasteiger partial charge in [-0.3, -0.25) is 14.3 Å². The third kappa shape index (κ3) is 6.71. The molecule has 0 atom stereocenters. The average molecular weight is 627 g/mol. The molecule has 46 heavy (non-hydrogen) atoms. The maximum Gasteiger partial charge on any atom is 0.350 e. The van der Waals surface area contributed by atoms with Crippen molar-refractivity contribution in [1.29, 1.82) is 0 Å². The Bertz CT molecular complexity index is 1900. The molecule has 3 aromatic carbocycles. The molecular formula is C34H35FN6O5. The monoisotopic (exact) mass is 626 g/mol. The van der Waals surface area contributed by atoms with Crippen LogP contribution in [0.5, 0.6) is 23.0 Å². The van der Waals surface area contributed by atoms with E-state index in [0.717, 1.165) is 41.4 Å². The molecule has 1 N–H and O–H groups in total. The number of benzene rings is 3. The minimum atomic E-state index is -0.702. The van der Waals surface area contributed by atoms with Gasteiger partial charge in [-0.1, -0.05) is 24.6 Å². The number of nitrogens with zero attached hydrogens (tertiary/aromatic N) is 5. The van der Waals surface area contributed by atoms with Crippen molar-refractivity contribution < 1.29 is 23.4 Å². The van der Waals surface area contributed by atoms with Gasteiger partial charge in [0.15, 0.2) is 23.1 Å². The van der Waals surface area contributed by atoms with Gasteiger partial charge in [0.25, 0.3) is 5.91 Å². The second-order valence-electron chi connectivity index (χ2n) is 11.0. The minimum absolute atomic E-state index is 0.0525. The zero-order valence-electron chi connectivity index (χ0n) is 25.7. The molecule has 1 amide bonds. The number of halogens is 1. The van der Waals surface area contributed by atoms with Gasteiger partial charge in [-0.25, -0.2) is 9.18 Å². The summed E-state index contributed by atoms with van der Waals surface area (Å²) >= 11 is 0. The van der Waals surface area contributed by atoms with Crippen LogP contribution in [0, 0.1) is 5.82 Å². The van der Waals surface area contributed by atoms with Crippen molar-refractivity contribution in [3.63, 3.8) is 0 Å². The number of nitrogens with one attached hydrogen (secondary N) is 1. The summed E-state index contributed by atoms with van der Waals surface area (Å²) in [7, 11) is 3.01. The first-order valence-electron chi connectivity index (χ1n) is 15.2. The van der Waals surface area contributed by atoms with E-state index in [0.29, 0.717) is 40.4 Å². The lowest BCUT2D eigenvalue weighted by atomic mass is 10.1. The molecule has 6 rings (SSSR count). The maximum absolute atomic E-state index is 15.3. The summed E-state index contributed by atoms with van der Waals surface area (Å²) in [6, 6.07) is 18.0. The Hall–Kier alpha value is -5.23. The Labute approximate surface area is 265 Å². The van der Waals surface area contributed by atoms with Gasteiger partial charge in [0.05, 0.1) is 24.9 Å². The fourth-order valence-electron chi connectivity index (χ4n) is 5.48. The van der Waals surface area contributed by atoms with Crippen LogP contribution in [-0.2, 0) is 7.05 Å². The molecule has 0 saturated carbocycles. The van der Waals surface area contributed by atoms with Crippen LogP contribution in [0.25, 0.3) is 16.6 Å². The van der Waals surface area contributed by atoms with Crippen molar-refractivity contribution >= 4 is 22.5 Å². The average Bonchev–Trinajstić information content (AvgIpc) is 3.38. The minimum Gasteiger partial charge on any atom is -0.493 e. The molecule has 1 saturated heterocycles. The number of hydrogen-bond acceptors (Lipinski definition) is 8. The van der Waals surface area contributed by atoms with Crippen molar-refractivity contribution in [3.8, 4) is 28.7 Å². The normalized spacial score (nSPS) is 13.5. The second-order valence-corrected chi connectivity index (χ2v) is 11.0. The summed E-state index contributed by atoms with van der Waals surface area (Å²) < 4.78 is 35.2. The Balaban J connectivity index is 1.14. The first-order valence-corrected chi connectivity index (χ1v) is 15.2. The van der Waals surface area contributed by atoms with E-state index >= 15 is 4.39 Å². The summed E-state index contributed by atoms with van der Waals surface area (Å²) in [4.78, 5) is 32.6. The number of carbonyl (C=O) groups is 1. The van der Waals surface area contributed by atoms with Crippen LogP contribution in [0.1, 0.15) is 36.3 Å². The highest BCUT2D eigenvalue weighted by molar-refractivity contribution is 6.01. The predicted molar refractivity (Wildman–Crippen MR) is 172 cm³/mol. The van der Waals surface area contributed by atoms with Crippen LogP contribution < -0.4 is 25.2 Å². The number of likely N-dealkylation sites (tertiary alicyclic amines) is 1. The van der Waals surface area contributed by atoms with Gasteiger partial charge in [0.1, 0.15) is 5.75 Å². The molecule has 238 valence electrons. The smallest absolute Gasteiger partial charge is 0.350 e. The number of para-hydroxylation sites is 1. The van der Waals surface area contributed by atoms with Crippen molar-refractivity contribution in [3.05, 3.63) is 95.1 Å². The fraction of sp³-hybridized carbons (Fsp3) is 0.294. The molecule has 0 bridgehead atoms. The Morgan fingerprint density at radius 1 is 0.957 bits per heavy atom. The number of fused-ring (bicyclic) bond motifs is 1. The van der Waals surface area contributed by atoms with E-state index in [1.807, 2.05) is 6.07 Å². The van der Waals surface area contributed by atoms with Crippen molar-refractivity contribution in [2.45, 2.75) is 25.7 Å². The van der Waals surface area contributed by atoms with E-state index < -0.39 is 17.4 Å². The Kier molecular flexibility index (Phi) is 9.25. The molecule has 2 aromatic heterocycles. The standard InChI is InChI=1S/C34H35FN6O5/c1-39-32(38-41(34(39)43)24-10-5-3-6-11-24)33(42)37-23-12-13-29(26(35)20-23)46-28-14-15-36-27-22-31(30(44-2)21-25(27)28)45-19-9-18-40-16-7-4-8-17-40/h3,5-6,10-15,20-22H,4,7-9,16-19H2,1-2H3,(H,37,42). The van der Waals surface area contributed by atoms with Crippen molar-refractivity contribution in [1.82, 2.24) is 24.2 Å². The van der Waals surface area contributed by atoms with Crippen LogP contribution in [0.15, 0.2) is 77.7 Å². The summed E-state index contributed by atoms with van der Waals surface area (Å²) in [5.74, 6) is -0.0784. The Morgan fingerprint density at radius 3 is 2.52 bits per heavy atom. The van der Waals surface area contributed by atoms with E-state index in [1.165, 1.54) is 38.4 Å². The molecule has 0 aliphatic carbocycles. The summed E-state index contributed by atoms with van der Waals surface area (Å²) in [6.45, 7) is 3.84. The predicted octanol–water partition coefficient (Wildman–Crippen LogP) is 5.57. The van der Waals surface area contributed by atoms with Crippen LogP contribution in [0.3, 0.4) is 0 Å². The fourth-order valence-corrected chi connectivity index (χ4v) is 5.48. The number of carbonyl (C=O) groups excluding carboxylic acids is 1. The van der Waals surface area contributed by atoms with Crippen molar-refractivity contribution in [2.75, 3.05) is 38.7 Å². The molecule has 0 unspecified atom stereocenters. The summed E-state index contributed by atoms with van der Waals surface area (Å²) in [5.41, 5.74) is 0.802.